The first-order valence-electron chi connectivity index (χ1n) is 7.00. The van der Waals surface area contributed by atoms with E-state index in [1.807, 2.05) is 6.92 Å². The van der Waals surface area contributed by atoms with E-state index in [0.29, 0.717) is 18.7 Å². The lowest BCUT2D eigenvalue weighted by Crippen LogP contribution is -2.28. The highest BCUT2D eigenvalue weighted by atomic mass is 19.1. The molecular formula is C15H23FN2O2. The molecule has 0 fully saturated rings. The fourth-order valence-electron chi connectivity index (χ4n) is 2.00. The smallest absolute Gasteiger partial charge is 0.255 e. The first kappa shape index (κ1) is 16.4. The number of nitrogens with one attached hydrogen (secondary N) is 1. The molecule has 0 spiro atoms. The summed E-state index contributed by atoms with van der Waals surface area (Å²) >= 11 is 0. The van der Waals surface area contributed by atoms with Crippen LogP contribution in [0.25, 0.3) is 0 Å². The van der Waals surface area contributed by atoms with Crippen LogP contribution in [0.15, 0.2) is 18.2 Å². The van der Waals surface area contributed by atoms with Crippen molar-refractivity contribution in [3.63, 3.8) is 0 Å². The number of hydrogen-bond acceptors (Lipinski definition) is 3. The van der Waals surface area contributed by atoms with Crippen LogP contribution in [0.3, 0.4) is 0 Å². The maximum atomic E-state index is 13.8. The van der Waals surface area contributed by atoms with Gasteiger partial charge in [-0.15, -0.1) is 0 Å². The van der Waals surface area contributed by atoms with Crippen molar-refractivity contribution in [2.75, 3.05) is 32.1 Å². The minimum Gasteiger partial charge on any atom is -0.396 e. The third-order valence-corrected chi connectivity index (χ3v) is 3.10. The lowest BCUT2D eigenvalue weighted by Gasteiger charge is -2.19. The van der Waals surface area contributed by atoms with Gasteiger partial charge in [0.1, 0.15) is 5.82 Å². The Kier molecular flexibility index (Phi) is 7.01. The van der Waals surface area contributed by atoms with Crippen molar-refractivity contribution in [3.8, 4) is 0 Å². The Morgan fingerprint density at radius 2 is 2.10 bits per heavy atom. The fourth-order valence-corrected chi connectivity index (χ4v) is 2.00. The van der Waals surface area contributed by atoms with Gasteiger partial charge >= 0.3 is 0 Å². The Balaban J connectivity index is 2.73. The van der Waals surface area contributed by atoms with E-state index in [1.54, 1.807) is 24.1 Å². The predicted molar refractivity (Wildman–Crippen MR) is 78.5 cm³/mol. The molecule has 1 rings (SSSR count). The Hall–Kier alpha value is -1.62. The maximum absolute atomic E-state index is 13.8. The van der Waals surface area contributed by atoms with Crippen molar-refractivity contribution in [1.82, 2.24) is 4.90 Å². The molecule has 0 atom stereocenters. The number of carbonyl (C=O) groups is 1. The average Bonchev–Trinajstić information content (AvgIpc) is 2.45. The number of para-hydroxylation sites is 1. The number of unbranched alkanes of at least 4 members (excludes halogenated alkanes) is 2. The van der Waals surface area contributed by atoms with E-state index in [9.17, 15) is 9.18 Å². The van der Waals surface area contributed by atoms with Crippen LogP contribution < -0.4 is 5.32 Å². The normalized spacial score (nSPS) is 10.4. The van der Waals surface area contributed by atoms with Gasteiger partial charge in [-0.05, 0) is 38.3 Å². The second kappa shape index (κ2) is 8.53. The number of aliphatic hydroxyl groups excluding tert-OH is 1. The Bertz CT molecular complexity index is 438. The number of rotatable bonds is 8. The molecule has 0 bridgehead atoms. The molecule has 0 saturated heterocycles. The van der Waals surface area contributed by atoms with Crippen molar-refractivity contribution in [2.24, 2.45) is 0 Å². The summed E-state index contributed by atoms with van der Waals surface area (Å²) in [5.74, 6) is -0.601. The van der Waals surface area contributed by atoms with E-state index < -0.39 is 5.82 Å². The second-order valence-electron chi connectivity index (χ2n) is 4.70. The molecule has 0 aliphatic heterocycles. The minimum atomic E-state index is -0.411. The molecule has 0 aromatic heterocycles. The second-order valence-corrected chi connectivity index (χ2v) is 4.70. The van der Waals surface area contributed by atoms with E-state index in [-0.39, 0.29) is 18.2 Å². The molecule has 1 aromatic carbocycles. The highest BCUT2D eigenvalue weighted by Gasteiger charge is 2.17. The van der Waals surface area contributed by atoms with Gasteiger partial charge in [-0.25, -0.2) is 4.39 Å². The summed E-state index contributed by atoms with van der Waals surface area (Å²) in [6.07, 6.45) is 2.44. The summed E-state index contributed by atoms with van der Waals surface area (Å²) in [5, 5.41) is 11.6. The molecule has 1 amide bonds. The fraction of sp³-hybridized carbons (Fsp3) is 0.533. The molecule has 0 heterocycles. The van der Waals surface area contributed by atoms with Crippen LogP contribution in [0.5, 0.6) is 0 Å². The topological polar surface area (TPSA) is 52.6 Å². The number of nitrogens with zero attached hydrogens (tertiary/aromatic N) is 1. The summed E-state index contributed by atoms with van der Waals surface area (Å²) in [4.78, 5) is 13.9. The van der Waals surface area contributed by atoms with Gasteiger partial charge < -0.3 is 15.3 Å². The number of carbonyl (C=O) groups excluding carboxylic acids is 1. The first-order valence-corrected chi connectivity index (χ1v) is 7.00. The van der Waals surface area contributed by atoms with E-state index in [0.717, 1.165) is 19.3 Å². The van der Waals surface area contributed by atoms with Crippen LogP contribution in [0.4, 0.5) is 10.1 Å². The van der Waals surface area contributed by atoms with Crippen molar-refractivity contribution < 1.29 is 14.3 Å². The van der Waals surface area contributed by atoms with Crippen molar-refractivity contribution >= 4 is 11.6 Å². The summed E-state index contributed by atoms with van der Waals surface area (Å²) < 4.78 is 13.8. The SMILES string of the molecule is CCNc1c(F)cccc1C(=O)N(C)CCCCCO. The zero-order valence-corrected chi connectivity index (χ0v) is 12.2. The van der Waals surface area contributed by atoms with Gasteiger partial charge in [-0.1, -0.05) is 6.07 Å². The Labute approximate surface area is 119 Å². The molecule has 20 heavy (non-hydrogen) atoms. The summed E-state index contributed by atoms with van der Waals surface area (Å²) in [5.41, 5.74) is 0.624. The molecule has 2 N–H and O–H groups in total. The summed E-state index contributed by atoms with van der Waals surface area (Å²) in [6, 6.07) is 4.52. The quantitative estimate of drug-likeness (QED) is 0.720. The lowest BCUT2D eigenvalue weighted by molar-refractivity contribution is 0.0792. The van der Waals surface area contributed by atoms with Crippen LogP contribution in [-0.2, 0) is 0 Å². The van der Waals surface area contributed by atoms with Crippen molar-refractivity contribution in [3.05, 3.63) is 29.6 Å². The number of anilines is 1. The van der Waals surface area contributed by atoms with Gasteiger partial charge in [0, 0.05) is 26.7 Å². The third-order valence-electron chi connectivity index (χ3n) is 3.10. The number of hydrogen-bond donors (Lipinski definition) is 2. The number of benzene rings is 1. The maximum Gasteiger partial charge on any atom is 0.255 e. The molecule has 4 nitrogen and oxygen atoms in total. The van der Waals surface area contributed by atoms with Crippen LogP contribution in [0, 0.1) is 5.82 Å². The largest absolute Gasteiger partial charge is 0.396 e. The number of aliphatic hydroxyl groups is 1. The van der Waals surface area contributed by atoms with E-state index in [4.69, 9.17) is 5.11 Å². The van der Waals surface area contributed by atoms with Crippen LogP contribution in [-0.4, -0.2) is 42.7 Å². The van der Waals surface area contributed by atoms with Gasteiger partial charge in [0.25, 0.3) is 5.91 Å². The predicted octanol–water partition coefficient (Wildman–Crippen LogP) is 2.49. The zero-order chi connectivity index (χ0) is 15.0. The minimum absolute atomic E-state index is 0.173. The number of halogens is 1. The van der Waals surface area contributed by atoms with Crippen LogP contribution in [0.1, 0.15) is 36.5 Å². The molecule has 5 heteroatoms. The lowest BCUT2D eigenvalue weighted by atomic mass is 10.1. The monoisotopic (exact) mass is 282 g/mol. The standard InChI is InChI=1S/C15H23FN2O2/c1-3-17-14-12(8-7-9-13(14)16)15(20)18(2)10-5-4-6-11-19/h7-9,17,19H,3-6,10-11H2,1-2H3. The van der Waals surface area contributed by atoms with Crippen LogP contribution >= 0.6 is 0 Å². The Morgan fingerprint density at radius 1 is 1.35 bits per heavy atom. The molecule has 112 valence electrons. The molecule has 0 aliphatic rings. The molecule has 1 aromatic rings. The molecule has 0 aliphatic carbocycles. The van der Waals surface area contributed by atoms with E-state index >= 15 is 0 Å². The molecule has 0 saturated carbocycles. The summed E-state index contributed by atoms with van der Waals surface area (Å²) in [7, 11) is 1.71. The molecular weight excluding hydrogens is 259 g/mol. The van der Waals surface area contributed by atoms with Gasteiger partial charge in [0.05, 0.1) is 11.3 Å². The van der Waals surface area contributed by atoms with Crippen LogP contribution in [0.2, 0.25) is 0 Å². The van der Waals surface area contributed by atoms with E-state index in [2.05, 4.69) is 5.32 Å². The summed E-state index contributed by atoms with van der Waals surface area (Å²) in [6.45, 7) is 3.19. The zero-order valence-electron chi connectivity index (χ0n) is 12.2. The van der Waals surface area contributed by atoms with E-state index in [1.165, 1.54) is 6.07 Å². The van der Waals surface area contributed by atoms with Gasteiger partial charge in [0.15, 0.2) is 0 Å². The van der Waals surface area contributed by atoms with Crippen molar-refractivity contribution in [1.29, 1.82) is 0 Å². The highest BCUT2D eigenvalue weighted by molar-refractivity contribution is 5.99. The number of amides is 1. The first-order chi connectivity index (χ1) is 9.61. The highest BCUT2D eigenvalue weighted by Crippen LogP contribution is 2.21. The van der Waals surface area contributed by atoms with Gasteiger partial charge in [-0.3, -0.25) is 4.79 Å². The molecule has 0 unspecified atom stereocenters. The molecule has 0 radical (unpaired) electrons. The van der Waals surface area contributed by atoms with Gasteiger partial charge in [0.2, 0.25) is 0 Å². The average molecular weight is 282 g/mol. The van der Waals surface area contributed by atoms with Gasteiger partial charge in [-0.2, -0.15) is 0 Å². The van der Waals surface area contributed by atoms with Crippen molar-refractivity contribution in [2.45, 2.75) is 26.2 Å². The Morgan fingerprint density at radius 3 is 2.75 bits per heavy atom. The third kappa shape index (κ3) is 4.49.